The van der Waals surface area contributed by atoms with Gasteiger partial charge in [0.05, 0.1) is 35.3 Å². The third-order valence-corrected chi connectivity index (χ3v) is 6.11. The molecule has 0 saturated heterocycles. The van der Waals surface area contributed by atoms with Crippen molar-refractivity contribution in [3.8, 4) is 28.1 Å². The van der Waals surface area contributed by atoms with Crippen LogP contribution in [-0.2, 0) is 11.8 Å². The first kappa shape index (κ1) is 22.7. The highest BCUT2D eigenvalue weighted by atomic mass is 16.5. The summed E-state index contributed by atoms with van der Waals surface area (Å²) >= 11 is 0. The Balaban J connectivity index is 1.37. The lowest BCUT2D eigenvalue weighted by atomic mass is 10.0. The SMILES string of the molecule is Cc1cc(OC(=O)C2CC2)ccc1-c1ccc(-c2cnn(C)c2Nc2cncc(C(C)C)n2)nc1. The molecule has 0 atom stereocenters. The van der Waals surface area contributed by atoms with Gasteiger partial charge in [0.25, 0.3) is 0 Å². The molecule has 3 heterocycles. The van der Waals surface area contributed by atoms with Gasteiger partial charge in [0.2, 0.25) is 0 Å². The molecule has 4 aromatic rings. The number of anilines is 2. The van der Waals surface area contributed by atoms with Crippen molar-refractivity contribution in [3.05, 3.63) is 66.4 Å². The van der Waals surface area contributed by atoms with Crippen molar-refractivity contribution >= 4 is 17.6 Å². The molecule has 0 spiro atoms. The number of hydrogen-bond donors (Lipinski definition) is 1. The molecule has 1 aliphatic rings. The number of aryl methyl sites for hydroxylation is 2. The second kappa shape index (κ2) is 9.29. The van der Waals surface area contributed by atoms with Gasteiger partial charge in [-0.3, -0.25) is 19.4 Å². The average Bonchev–Trinajstić information content (AvgIpc) is 3.64. The second-order valence-electron chi connectivity index (χ2n) is 9.24. The Morgan fingerprint density at radius 2 is 1.91 bits per heavy atom. The maximum Gasteiger partial charge on any atom is 0.314 e. The number of esters is 1. The van der Waals surface area contributed by atoms with Crippen LogP contribution < -0.4 is 10.1 Å². The second-order valence-corrected chi connectivity index (χ2v) is 9.24. The molecule has 178 valence electrons. The van der Waals surface area contributed by atoms with E-state index < -0.39 is 0 Å². The molecule has 0 bridgehead atoms. The summed E-state index contributed by atoms with van der Waals surface area (Å²) in [6.07, 6.45) is 8.99. The van der Waals surface area contributed by atoms with Crippen LogP contribution in [0.5, 0.6) is 5.75 Å². The van der Waals surface area contributed by atoms with Gasteiger partial charge in [-0.05, 0) is 55.0 Å². The highest BCUT2D eigenvalue weighted by Crippen LogP contribution is 2.33. The molecule has 0 amide bonds. The fourth-order valence-corrected chi connectivity index (χ4v) is 3.87. The molecule has 1 aliphatic carbocycles. The lowest BCUT2D eigenvalue weighted by Gasteiger charge is -2.12. The van der Waals surface area contributed by atoms with Crippen molar-refractivity contribution in [3.63, 3.8) is 0 Å². The molecule has 1 N–H and O–H groups in total. The van der Waals surface area contributed by atoms with Gasteiger partial charge in [0, 0.05) is 25.0 Å². The standard InChI is InChI=1S/C27H28N6O2/c1-16(2)24-14-28-15-25(31-24)32-26-22(13-30-33(26)4)23-10-7-19(12-29-23)21-9-8-20(11-17(21)3)35-27(34)18-5-6-18/h7-16,18H,5-6H2,1-4H3,(H,31,32). The topological polar surface area (TPSA) is 94.8 Å². The molecule has 1 aromatic carbocycles. The molecule has 8 nitrogen and oxygen atoms in total. The van der Waals surface area contributed by atoms with Gasteiger partial charge in [0.1, 0.15) is 17.4 Å². The summed E-state index contributed by atoms with van der Waals surface area (Å²) in [6.45, 7) is 6.18. The van der Waals surface area contributed by atoms with Crippen molar-refractivity contribution in [1.82, 2.24) is 24.7 Å². The fraction of sp³-hybridized carbons (Fsp3) is 0.296. The lowest BCUT2D eigenvalue weighted by molar-refractivity contribution is -0.135. The van der Waals surface area contributed by atoms with E-state index in [4.69, 9.17) is 9.72 Å². The molecule has 5 rings (SSSR count). The minimum atomic E-state index is -0.133. The number of aromatic nitrogens is 5. The van der Waals surface area contributed by atoms with Crippen LogP contribution in [-0.4, -0.2) is 30.7 Å². The maximum atomic E-state index is 12.0. The van der Waals surface area contributed by atoms with Crippen molar-refractivity contribution in [1.29, 1.82) is 0 Å². The predicted octanol–water partition coefficient (Wildman–Crippen LogP) is 5.43. The monoisotopic (exact) mass is 468 g/mol. The van der Waals surface area contributed by atoms with E-state index in [0.29, 0.717) is 11.6 Å². The highest BCUT2D eigenvalue weighted by molar-refractivity contribution is 5.79. The van der Waals surface area contributed by atoms with Gasteiger partial charge in [0.15, 0.2) is 0 Å². The number of carbonyl (C=O) groups excluding carboxylic acids is 1. The van der Waals surface area contributed by atoms with E-state index in [0.717, 1.165) is 52.3 Å². The number of hydrogen-bond acceptors (Lipinski definition) is 7. The van der Waals surface area contributed by atoms with Crippen LogP contribution in [0.4, 0.5) is 11.6 Å². The average molecular weight is 469 g/mol. The number of pyridine rings is 1. The molecule has 0 aliphatic heterocycles. The number of rotatable bonds is 7. The minimum Gasteiger partial charge on any atom is -0.426 e. The molecule has 0 unspecified atom stereocenters. The van der Waals surface area contributed by atoms with Gasteiger partial charge in [-0.1, -0.05) is 26.0 Å². The Bertz CT molecular complexity index is 1370. The summed E-state index contributed by atoms with van der Waals surface area (Å²) in [7, 11) is 1.88. The Kier molecular flexibility index (Phi) is 6.03. The Morgan fingerprint density at radius 3 is 2.60 bits per heavy atom. The largest absolute Gasteiger partial charge is 0.426 e. The lowest BCUT2D eigenvalue weighted by Crippen LogP contribution is -2.09. The van der Waals surface area contributed by atoms with Crippen molar-refractivity contribution in [2.45, 2.75) is 39.5 Å². The molecular formula is C27H28N6O2. The smallest absolute Gasteiger partial charge is 0.314 e. The molecule has 3 aromatic heterocycles. The zero-order valence-electron chi connectivity index (χ0n) is 20.3. The summed E-state index contributed by atoms with van der Waals surface area (Å²) in [6, 6.07) is 9.73. The molecule has 1 fully saturated rings. The normalized spacial score (nSPS) is 13.2. The molecule has 8 heteroatoms. The summed E-state index contributed by atoms with van der Waals surface area (Å²) in [5, 5.41) is 7.77. The Morgan fingerprint density at radius 1 is 1.09 bits per heavy atom. The van der Waals surface area contributed by atoms with Crippen LogP contribution in [0.25, 0.3) is 22.4 Å². The van der Waals surface area contributed by atoms with Crippen LogP contribution in [0.3, 0.4) is 0 Å². The summed E-state index contributed by atoms with van der Waals surface area (Å²) in [5.74, 6) is 2.26. The van der Waals surface area contributed by atoms with Crippen molar-refractivity contribution in [2.24, 2.45) is 13.0 Å². The van der Waals surface area contributed by atoms with Crippen LogP contribution in [0.2, 0.25) is 0 Å². The zero-order chi connectivity index (χ0) is 24.5. The third kappa shape index (κ3) is 4.91. The third-order valence-electron chi connectivity index (χ3n) is 6.11. The Labute approximate surface area is 204 Å². The van der Waals surface area contributed by atoms with E-state index in [-0.39, 0.29) is 17.8 Å². The quantitative estimate of drug-likeness (QED) is 0.285. The first-order valence-electron chi connectivity index (χ1n) is 11.8. The van der Waals surface area contributed by atoms with Crippen molar-refractivity contribution in [2.75, 3.05) is 5.32 Å². The van der Waals surface area contributed by atoms with Gasteiger partial charge in [-0.25, -0.2) is 4.98 Å². The van der Waals surface area contributed by atoms with E-state index in [9.17, 15) is 4.79 Å². The number of carbonyl (C=O) groups is 1. The number of nitrogens with one attached hydrogen (secondary N) is 1. The van der Waals surface area contributed by atoms with E-state index in [1.807, 2.05) is 50.5 Å². The van der Waals surface area contributed by atoms with Gasteiger partial charge >= 0.3 is 5.97 Å². The van der Waals surface area contributed by atoms with Gasteiger partial charge < -0.3 is 10.1 Å². The summed E-state index contributed by atoms with van der Waals surface area (Å²) in [4.78, 5) is 25.6. The maximum absolute atomic E-state index is 12.0. The first-order chi connectivity index (χ1) is 16.9. The van der Waals surface area contributed by atoms with E-state index in [2.05, 4.69) is 34.2 Å². The molecule has 35 heavy (non-hydrogen) atoms. The molecule has 0 radical (unpaired) electrons. The predicted molar refractivity (Wildman–Crippen MR) is 134 cm³/mol. The van der Waals surface area contributed by atoms with E-state index in [1.165, 1.54) is 0 Å². The summed E-state index contributed by atoms with van der Waals surface area (Å²) in [5.41, 5.74) is 5.64. The van der Waals surface area contributed by atoms with E-state index in [1.54, 1.807) is 23.3 Å². The van der Waals surface area contributed by atoms with Crippen LogP contribution >= 0.6 is 0 Å². The first-order valence-corrected chi connectivity index (χ1v) is 11.8. The minimum absolute atomic E-state index is 0.0739. The van der Waals surface area contributed by atoms with Crippen LogP contribution in [0.1, 0.15) is 43.9 Å². The van der Waals surface area contributed by atoms with E-state index >= 15 is 0 Å². The van der Waals surface area contributed by atoms with Crippen molar-refractivity contribution < 1.29 is 9.53 Å². The Hall–Kier alpha value is -4.07. The molecule has 1 saturated carbocycles. The molecular weight excluding hydrogens is 440 g/mol. The van der Waals surface area contributed by atoms with Crippen LogP contribution in [0, 0.1) is 12.8 Å². The number of ether oxygens (including phenoxy) is 1. The zero-order valence-corrected chi connectivity index (χ0v) is 20.3. The number of nitrogens with zero attached hydrogens (tertiary/aromatic N) is 5. The number of benzene rings is 1. The van der Waals surface area contributed by atoms with Gasteiger partial charge in [-0.15, -0.1) is 0 Å². The highest BCUT2D eigenvalue weighted by Gasteiger charge is 2.31. The summed E-state index contributed by atoms with van der Waals surface area (Å²) < 4.78 is 7.26. The van der Waals surface area contributed by atoms with Gasteiger partial charge in [-0.2, -0.15) is 5.10 Å². The fourth-order valence-electron chi connectivity index (χ4n) is 3.87. The van der Waals surface area contributed by atoms with Crippen LogP contribution in [0.15, 0.2) is 55.1 Å².